The number of carbonyl (C=O) groups is 1. The number of nitrogens with zero attached hydrogens (tertiary/aromatic N) is 1. The first-order valence-electron chi connectivity index (χ1n) is 4.49. The van der Waals surface area contributed by atoms with Gasteiger partial charge in [-0.1, -0.05) is 13.8 Å². The van der Waals surface area contributed by atoms with Crippen molar-refractivity contribution in [3.8, 4) is 6.07 Å². The van der Waals surface area contributed by atoms with Gasteiger partial charge in [-0.25, -0.2) is 0 Å². The molecule has 0 aliphatic heterocycles. The topological polar surface area (TPSA) is 61.1 Å². The Kier molecular flexibility index (Phi) is 2.11. The van der Waals surface area contributed by atoms with Crippen LogP contribution in [0.2, 0.25) is 0 Å². The molecule has 3 nitrogen and oxygen atoms in total. The molecule has 0 saturated heterocycles. The maximum atomic E-state index is 11.1. The highest BCUT2D eigenvalue weighted by Gasteiger charge is 2.56. The Morgan fingerprint density at radius 1 is 1.54 bits per heavy atom. The molecule has 1 aliphatic carbocycles. The Balaban J connectivity index is 3.07. The van der Waals surface area contributed by atoms with E-state index in [1.165, 1.54) is 0 Å². The lowest BCUT2D eigenvalue weighted by Gasteiger charge is -2.35. The predicted molar refractivity (Wildman–Crippen MR) is 47.9 cm³/mol. The second kappa shape index (κ2) is 2.73. The van der Waals surface area contributed by atoms with Crippen molar-refractivity contribution in [2.45, 2.75) is 33.6 Å². The smallest absolute Gasteiger partial charge is 0.309 e. The molecule has 3 heteroatoms. The molecule has 0 aromatic carbocycles. The van der Waals surface area contributed by atoms with E-state index < -0.39 is 16.8 Å². The highest BCUT2D eigenvalue weighted by molar-refractivity contribution is 5.76. The van der Waals surface area contributed by atoms with Gasteiger partial charge in [0, 0.05) is 0 Å². The average molecular weight is 181 g/mol. The summed E-state index contributed by atoms with van der Waals surface area (Å²) < 4.78 is 0. The van der Waals surface area contributed by atoms with Crippen LogP contribution in [0, 0.1) is 28.1 Å². The van der Waals surface area contributed by atoms with Crippen LogP contribution in [0.3, 0.4) is 0 Å². The third-order valence-electron chi connectivity index (χ3n) is 3.85. The van der Waals surface area contributed by atoms with Crippen molar-refractivity contribution >= 4 is 5.97 Å². The number of rotatable bonds is 1. The zero-order chi connectivity index (χ0) is 10.3. The van der Waals surface area contributed by atoms with Crippen LogP contribution >= 0.6 is 0 Å². The van der Waals surface area contributed by atoms with Crippen molar-refractivity contribution in [2.24, 2.45) is 16.7 Å². The Bertz CT molecular complexity index is 277. The molecular weight excluding hydrogens is 166 g/mol. The molecule has 2 atom stereocenters. The number of carboxylic acid groups (broad SMARTS) is 1. The summed E-state index contributed by atoms with van der Waals surface area (Å²) in [6, 6.07) is 2.20. The van der Waals surface area contributed by atoms with Crippen molar-refractivity contribution < 1.29 is 9.90 Å². The van der Waals surface area contributed by atoms with Crippen LogP contribution < -0.4 is 0 Å². The van der Waals surface area contributed by atoms with E-state index in [1.807, 2.05) is 13.8 Å². The van der Waals surface area contributed by atoms with Gasteiger partial charge in [0.05, 0.1) is 17.4 Å². The monoisotopic (exact) mass is 181 g/mol. The molecule has 0 unspecified atom stereocenters. The van der Waals surface area contributed by atoms with Gasteiger partial charge in [0.1, 0.15) is 0 Å². The second-order valence-corrected chi connectivity index (χ2v) is 4.58. The SMILES string of the molecule is CC1(C)[C@H](C#N)CC[C@@]1(C)C(=O)O. The summed E-state index contributed by atoms with van der Waals surface area (Å²) in [5.41, 5.74) is -1.17. The van der Waals surface area contributed by atoms with E-state index in [9.17, 15) is 4.79 Å². The highest BCUT2D eigenvalue weighted by atomic mass is 16.4. The molecule has 1 aliphatic rings. The van der Waals surface area contributed by atoms with Crippen LogP contribution in [0.1, 0.15) is 33.6 Å². The van der Waals surface area contributed by atoms with Crippen LogP contribution in [0.5, 0.6) is 0 Å². The molecular formula is C10H15NO2. The maximum absolute atomic E-state index is 11.1. The molecule has 0 spiro atoms. The molecule has 0 aromatic heterocycles. The third-order valence-corrected chi connectivity index (χ3v) is 3.85. The van der Waals surface area contributed by atoms with E-state index in [1.54, 1.807) is 6.92 Å². The van der Waals surface area contributed by atoms with Gasteiger partial charge in [0.2, 0.25) is 0 Å². The molecule has 1 fully saturated rings. The van der Waals surface area contributed by atoms with E-state index in [0.717, 1.165) is 0 Å². The van der Waals surface area contributed by atoms with Crippen molar-refractivity contribution in [2.75, 3.05) is 0 Å². The highest BCUT2D eigenvalue weighted by Crippen LogP contribution is 2.55. The fraction of sp³-hybridized carbons (Fsp3) is 0.800. The number of nitriles is 1. The van der Waals surface area contributed by atoms with Crippen LogP contribution in [0.25, 0.3) is 0 Å². The molecule has 0 aromatic rings. The molecule has 0 heterocycles. The number of hydrogen-bond acceptors (Lipinski definition) is 2. The fourth-order valence-corrected chi connectivity index (χ4v) is 2.11. The Hall–Kier alpha value is -1.04. The average Bonchev–Trinajstić information content (AvgIpc) is 2.25. The van der Waals surface area contributed by atoms with Crippen LogP contribution in [-0.2, 0) is 4.79 Å². The van der Waals surface area contributed by atoms with Gasteiger partial charge >= 0.3 is 5.97 Å². The number of hydrogen-bond donors (Lipinski definition) is 1. The minimum absolute atomic E-state index is 0.131. The molecule has 0 radical (unpaired) electrons. The summed E-state index contributed by atoms with van der Waals surface area (Å²) in [6.45, 7) is 5.50. The lowest BCUT2D eigenvalue weighted by molar-refractivity contribution is -0.153. The van der Waals surface area contributed by atoms with E-state index in [2.05, 4.69) is 6.07 Å². The molecule has 0 amide bonds. The van der Waals surface area contributed by atoms with Gasteiger partial charge in [-0.3, -0.25) is 4.79 Å². The molecule has 1 saturated carbocycles. The minimum Gasteiger partial charge on any atom is -0.481 e. The summed E-state index contributed by atoms with van der Waals surface area (Å²) in [7, 11) is 0. The predicted octanol–water partition coefficient (Wildman–Crippen LogP) is 2.04. The maximum Gasteiger partial charge on any atom is 0.309 e. The van der Waals surface area contributed by atoms with Crippen molar-refractivity contribution in [1.29, 1.82) is 5.26 Å². The lowest BCUT2D eigenvalue weighted by atomic mass is 9.66. The largest absolute Gasteiger partial charge is 0.481 e. The van der Waals surface area contributed by atoms with E-state index >= 15 is 0 Å². The van der Waals surface area contributed by atoms with Gasteiger partial charge in [-0.15, -0.1) is 0 Å². The first kappa shape index (κ1) is 10.0. The summed E-state index contributed by atoms with van der Waals surface area (Å²) in [5.74, 6) is -0.913. The normalized spacial score (nSPS) is 36.9. The Labute approximate surface area is 78.4 Å². The number of aliphatic carboxylic acids is 1. The van der Waals surface area contributed by atoms with E-state index in [0.29, 0.717) is 12.8 Å². The summed E-state index contributed by atoms with van der Waals surface area (Å²) in [4.78, 5) is 11.1. The molecule has 0 bridgehead atoms. The van der Waals surface area contributed by atoms with Gasteiger partial charge in [0.25, 0.3) is 0 Å². The molecule has 1 rings (SSSR count). The van der Waals surface area contributed by atoms with E-state index in [4.69, 9.17) is 10.4 Å². The van der Waals surface area contributed by atoms with Crippen molar-refractivity contribution in [3.63, 3.8) is 0 Å². The first-order chi connectivity index (χ1) is 5.86. The zero-order valence-electron chi connectivity index (χ0n) is 8.29. The first-order valence-corrected chi connectivity index (χ1v) is 4.49. The third kappa shape index (κ3) is 1.13. The fourth-order valence-electron chi connectivity index (χ4n) is 2.11. The van der Waals surface area contributed by atoms with Crippen LogP contribution in [-0.4, -0.2) is 11.1 Å². The second-order valence-electron chi connectivity index (χ2n) is 4.58. The van der Waals surface area contributed by atoms with Gasteiger partial charge in [-0.05, 0) is 25.2 Å². The molecule has 13 heavy (non-hydrogen) atoms. The molecule has 1 N–H and O–H groups in total. The Morgan fingerprint density at radius 2 is 2.08 bits per heavy atom. The van der Waals surface area contributed by atoms with Gasteiger partial charge in [-0.2, -0.15) is 5.26 Å². The Morgan fingerprint density at radius 3 is 2.31 bits per heavy atom. The van der Waals surface area contributed by atoms with E-state index in [-0.39, 0.29) is 5.92 Å². The molecule has 72 valence electrons. The summed E-state index contributed by atoms with van der Waals surface area (Å²) in [6.07, 6.45) is 1.31. The summed E-state index contributed by atoms with van der Waals surface area (Å²) >= 11 is 0. The van der Waals surface area contributed by atoms with Gasteiger partial charge < -0.3 is 5.11 Å². The lowest BCUT2D eigenvalue weighted by Crippen LogP contribution is -2.40. The quantitative estimate of drug-likeness (QED) is 0.673. The minimum atomic E-state index is -0.782. The van der Waals surface area contributed by atoms with Crippen molar-refractivity contribution in [3.05, 3.63) is 0 Å². The van der Waals surface area contributed by atoms with Crippen molar-refractivity contribution in [1.82, 2.24) is 0 Å². The zero-order valence-corrected chi connectivity index (χ0v) is 8.29. The summed E-state index contributed by atoms with van der Waals surface area (Å²) in [5, 5.41) is 18.0. The van der Waals surface area contributed by atoms with Crippen LogP contribution in [0.4, 0.5) is 0 Å². The number of carboxylic acids is 1. The van der Waals surface area contributed by atoms with Crippen LogP contribution in [0.15, 0.2) is 0 Å². The van der Waals surface area contributed by atoms with Gasteiger partial charge in [0.15, 0.2) is 0 Å². The standard InChI is InChI=1S/C10H15NO2/c1-9(2)7(6-11)4-5-10(9,3)8(12)13/h7H,4-5H2,1-3H3,(H,12,13)/t7-,10-/m0/s1.